The van der Waals surface area contributed by atoms with Crippen molar-refractivity contribution in [3.8, 4) is 11.4 Å². The molecule has 0 radical (unpaired) electrons. The van der Waals surface area contributed by atoms with Gasteiger partial charge in [0.05, 0.1) is 12.9 Å². The number of aryl methyl sites for hydroxylation is 1. The number of aromatic nitrogens is 3. The zero-order valence-electron chi connectivity index (χ0n) is 15.7. The van der Waals surface area contributed by atoms with Crippen LogP contribution in [0.2, 0.25) is 5.02 Å². The van der Waals surface area contributed by atoms with Gasteiger partial charge in [0.2, 0.25) is 5.91 Å². The van der Waals surface area contributed by atoms with Crippen LogP contribution in [0, 0.1) is 6.92 Å². The molecule has 29 heavy (non-hydrogen) atoms. The van der Waals surface area contributed by atoms with Crippen LogP contribution >= 0.6 is 23.4 Å². The summed E-state index contributed by atoms with van der Waals surface area (Å²) in [6.45, 7) is 1.83. The van der Waals surface area contributed by atoms with Crippen molar-refractivity contribution >= 4 is 35.2 Å². The van der Waals surface area contributed by atoms with E-state index in [1.165, 1.54) is 11.8 Å². The minimum Gasteiger partial charge on any atom is -0.497 e. The number of methoxy groups -OCH3 is 1. The van der Waals surface area contributed by atoms with E-state index in [1.807, 2.05) is 35.8 Å². The molecular formula is C19H18ClN5O3S. The summed E-state index contributed by atoms with van der Waals surface area (Å²) in [4.78, 5) is 24.1. The van der Waals surface area contributed by atoms with Crippen LogP contribution in [-0.4, -0.2) is 39.4 Å². The van der Waals surface area contributed by atoms with Crippen molar-refractivity contribution in [1.82, 2.24) is 25.6 Å². The molecule has 2 aromatic carbocycles. The van der Waals surface area contributed by atoms with Crippen LogP contribution in [0.1, 0.15) is 16.2 Å². The Morgan fingerprint density at radius 1 is 1.07 bits per heavy atom. The van der Waals surface area contributed by atoms with Gasteiger partial charge in [-0.2, -0.15) is 0 Å². The molecule has 0 fully saturated rings. The van der Waals surface area contributed by atoms with Crippen molar-refractivity contribution in [2.75, 3.05) is 12.9 Å². The molecule has 0 aliphatic heterocycles. The van der Waals surface area contributed by atoms with Crippen LogP contribution in [0.25, 0.3) is 5.69 Å². The van der Waals surface area contributed by atoms with E-state index in [4.69, 9.17) is 16.3 Å². The molecule has 2 amide bonds. The predicted molar refractivity (Wildman–Crippen MR) is 110 cm³/mol. The van der Waals surface area contributed by atoms with E-state index in [0.29, 0.717) is 21.6 Å². The zero-order chi connectivity index (χ0) is 20.8. The molecule has 0 bridgehead atoms. The first kappa shape index (κ1) is 20.7. The van der Waals surface area contributed by atoms with Crippen LogP contribution in [0.5, 0.6) is 5.75 Å². The number of ether oxygens (including phenoxy) is 1. The third-order valence-electron chi connectivity index (χ3n) is 3.88. The Labute approximate surface area is 176 Å². The highest BCUT2D eigenvalue weighted by Gasteiger charge is 2.14. The summed E-state index contributed by atoms with van der Waals surface area (Å²) < 4.78 is 7.01. The molecule has 2 N–H and O–H groups in total. The summed E-state index contributed by atoms with van der Waals surface area (Å²) in [7, 11) is 1.60. The summed E-state index contributed by atoms with van der Waals surface area (Å²) in [6, 6.07) is 13.8. The van der Waals surface area contributed by atoms with Gasteiger partial charge in [-0.1, -0.05) is 23.4 Å². The van der Waals surface area contributed by atoms with Crippen molar-refractivity contribution in [2.24, 2.45) is 0 Å². The number of hydrogen-bond donors (Lipinski definition) is 2. The Balaban J connectivity index is 1.57. The Morgan fingerprint density at radius 2 is 1.76 bits per heavy atom. The Kier molecular flexibility index (Phi) is 6.73. The minimum absolute atomic E-state index is 0.0508. The highest BCUT2D eigenvalue weighted by molar-refractivity contribution is 7.99. The SMILES string of the molecule is COc1ccc(-n2c(C)nnc2SCC(=O)NNC(=O)c2ccc(Cl)cc2)cc1. The van der Waals surface area contributed by atoms with Gasteiger partial charge in [-0.15, -0.1) is 10.2 Å². The lowest BCUT2D eigenvalue weighted by Gasteiger charge is -2.10. The predicted octanol–water partition coefficient (Wildman–Crippen LogP) is 2.79. The lowest BCUT2D eigenvalue weighted by atomic mass is 10.2. The van der Waals surface area contributed by atoms with Crippen LogP contribution in [0.3, 0.4) is 0 Å². The van der Waals surface area contributed by atoms with Crippen LogP contribution < -0.4 is 15.6 Å². The maximum Gasteiger partial charge on any atom is 0.269 e. The standard InChI is InChI=1S/C19H18ClN5O3S/c1-12-21-24-19(25(12)15-7-9-16(28-2)10-8-15)29-11-17(26)22-23-18(27)13-3-5-14(20)6-4-13/h3-10H,11H2,1-2H3,(H,22,26)(H,23,27). The largest absolute Gasteiger partial charge is 0.497 e. The number of halogens is 1. The van der Waals surface area contributed by atoms with E-state index >= 15 is 0 Å². The first-order chi connectivity index (χ1) is 14.0. The Morgan fingerprint density at radius 3 is 2.41 bits per heavy atom. The molecule has 3 rings (SSSR count). The monoisotopic (exact) mass is 431 g/mol. The molecule has 0 aliphatic carbocycles. The minimum atomic E-state index is -0.433. The Hall–Kier alpha value is -3.04. The third kappa shape index (κ3) is 5.27. The average molecular weight is 432 g/mol. The lowest BCUT2D eigenvalue weighted by Crippen LogP contribution is -2.42. The van der Waals surface area contributed by atoms with Gasteiger partial charge in [0, 0.05) is 16.3 Å². The summed E-state index contributed by atoms with van der Waals surface area (Å²) in [5.74, 6) is 0.671. The number of hydrogen-bond acceptors (Lipinski definition) is 6. The van der Waals surface area contributed by atoms with Crippen molar-refractivity contribution < 1.29 is 14.3 Å². The van der Waals surface area contributed by atoms with Crippen LogP contribution in [-0.2, 0) is 4.79 Å². The maximum atomic E-state index is 12.1. The van der Waals surface area contributed by atoms with Gasteiger partial charge in [0.25, 0.3) is 5.91 Å². The molecule has 0 saturated heterocycles. The number of carbonyl (C=O) groups is 2. The van der Waals surface area contributed by atoms with Gasteiger partial charge in [0.15, 0.2) is 5.16 Å². The van der Waals surface area contributed by atoms with Crippen LogP contribution in [0.4, 0.5) is 0 Å². The fourth-order valence-corrected chi connectivity index (χ4v) is 3.35. The molecule has 8 nitrogen and oxygen atoms in total. The maximum absolute atomic E-state index is 12.1. The molecule has 1 aromatic heterocycles. The van der Waals surface area contributed by atoms with Gasteiger partial charge < -0.3 is 4.74 Å². The number of rotatable bonds is 6. The van der Waals surface area contributed by atoms with Crippen molar-refractivity contribution in [1.29, 1.82) is 0 Å². The topological polar surface area (TPSA) is 98.1 Å². The van der Waals surface area contributed by atoms with E-state index in [1.54, 1.807) is 31.4 Å². The number of nitrogens with one attached hydrogen (secondary N) is 2. The zero-order valence-corrected chi connectivity index (χ0v) is 17.3. The first-order valence-corrected chi connectivity index (χ1v) is 9.88. The molecule has 0 saturated carbocycles. The van der Waals surface area contributed by atoms with Gasteiger partial charge >= 0.3 is 0 Å². The van der Waals surface area contributed by atoms with Crippen molar-refractivity contribution in [3.63, 3.8) is 0 Å². The van der Waals surface area contributed by atoms with Gasteiger partial charge in [-0.3, -0.25) is 25.0 Å². The fraction of sp³-hybridized carbons (Fsp3) is 0.158. The van der Waals surface area contributed by atoms with E-state index in [0.717, 1.165) is 11.4 Å². The summed E-state index contributed by atoms with van der Waals surface area (Å²) in [6.07, 6.45) is 0. The van der Waals surface area contributed by atoms with E-state index in [-0.39, 0.29) is 11.7 Å². The smallest absolute Gasteiger partial charge is 0.269 e. The van der Waals surface area contributed by atoms with Gasteiger partial charge in [0.1, 0.15) is 11.6 Å². The number of nitrogens with zero attached hydrogens (tertiary/aromatic N) is 3. The lowest BCUT2D eigenvalue weighted by molar-refractivity contribution is -0.119. The summed E-state index contributed by atoms with van der Waals surface area (Å²) >= 11 is 7.00. The summed E-state index contributed by atoms with van der Waals surface area (Å²) in [5, 5.41) is 9.29. The van der Waals surface area contributed by atoms with E-state index < -0.39 is 5.91 Å². The quantitative estimate of drug-likeness (QED) is 0.460. The number of thioether (sulfide) groups is 1. The van der Waals surface area contributed by atoms with Gasteiger partial charge in [-0.25, -0.2) is 0 Å². The molecular weight excluding hydrogens is 414 g/mol. The molecule has 150 valence electrons. The summed E-state index contributed by atoms with van der Waals surface area (Å²) in [5.41, 5.74) is 5.99. The molecule has 0 spiro atoms. The number of hydrazine groups is 1. The first-order valence-electron chi connectivity index (χ1n) is 8.52. The molecule has 0 aliphatic rings. The number of amides is 2. The Bertz CT molecular complexity index is 1010. The highest BCUT2D eigenvalue weighted by Crippen LogP contribution is 2.23. The van der Waals surface area contributed by atoms with Crippen molar-refractivity contribution in [3.05, 3.63) is 64.9 Å². The molecule has 10 heteroatoms. The van der Waals surface area contributed by atoms with E-state index in [9.17, 15) is 9.59 Å². The van der Waals surface area contributed by atoms with E-state index in [2.05, 4.69) is 21.0 Å². The normalized spacial score (nSPS) is 10.4. The molecule has 3 aromatic rings. The second kappa shape index (κ2) is 9.44. The molecule has 0 atom stereocenters. The van der Waals surface area contributed by atoms with Crippen LogP contribution in [0.15, 0.2) is 53.7 Å². The fourth-order valence-electron chi connectivity index (χ4n) is 2.43. The number of carbonyl (C=O) groups excluding carboxylic acids is 2. The van der Waals surface area contributed by atoms with Gasteiger partial charge in [-0.05, 0) is 55.5 Å². The highest BCUT2D eigenvalue weighted by atomic mass is 35.5. The second-order valence-electron chi connectivity index (χ2n) is 5.86. The van der Waals surface area contributed by atoms with Crippen molar-refractivity contribution in [2.45, 2.75) is 12.1 Å². The number of benzene rings is 2. The average Bonchev–Trinajstić information content (AvgIpc) is 3.11. The molecule has 1 heterocycles. The third-order valence-corrected chi connectivity index (χ3v) is 5.06. The molecule has 0 unspecified atom stereocenters. The second-order valence-corrected chi connectivity index (χ2v) is 7.24.